The second kappa shape index (κ2) is 12.0. The Kier molecular flexibility index (Phi) is 9.69. The predicted molar refractivity (Wildman–Crippen MR) is 116 cm³/mol. The maximum atomic E-state index is 13.7. The molecule has 2 amide bonds. The molecule has 1 heterocycles. The quantitative estimate of drug-likeness (QED) is 0.258. The molecule has 2 rings (SSSR count). The van der Waals surface area contributed by atoms with Crippen LogP contribution in [0.15, 0.2) is 24.3 Å². The number of nitrogens with two attached hydrogens (primary N) is 1. The zero-order valence-corrected chi connectivity index (χ0v) is 17.7. The van der Waals surface area contributed by atoms with Crippen LogP contribution in [0, 0.1) is 5.82 Å². The molecule has 1 saturated heterocycles. The van der Waals surface area contributed by atoms with Crippen molar-refractivity contribution < 1.29 is 29.1 Å². The number of carboxylic acid groups (broad SMARTS) is 1. The van der Waals surface area contributed by atoms with Crippen molar-refractivity contribution in [1.82, 2.24) is 9.80 Å². The molecular weight excluding hydrogens is 406 g/mol. The minimum Gasteiger partial charge on any atom is -0.480 e. The number of para-hydroxylation sites is 1. The molecule has 172 valence electrons. The Morgan fingerprint density at radius 2 is 1.74 bits per heavy atom. The Balaban J connectivity index is 1.71. The molecule has 0 aromatic heterocycles. The first-order valence-corrected chi connectivity index (χ1v) is 10.6. The van der Waals surface area contributed by atoms with Gasteiger partial charge in [0, 0.05) is 26.2 Å². The summed E-state index contributed by atoms with van der Waals surface area (Å²) in [4.78, 5) is 27.7. The van der Waals surface area contributed by atoms with E-state index in [1.165, 1.54) is 12.1 Å². The lowest BCUT2D eigenvalue weighted by Gasteiger charge is -2.35. The third kappa shape index (κ3) is 8.10. The summed E-state index contributed by atoms with van der Waals surface area (Å²) in [5.74, 6) is -1.53. The molecule has 11 heteroatoms. The number of amides is 2. The summed E-state index contributed by atoms with van der Waals surface area (Å²) in [6.45, 7) is 2.95. The fraction of sp³-hybridized carbons (Fsp3) is 0.600. The smallest absolute Gasteiger partial charge is 0.451 e. The van der Waals surface area contributed by atoms with Crippen LogP contribution in [-0.2, 0) is 4.79 Å². The number of anilines is 1. The zero-order valence-electron chi connectivity index (χ0n) is 17.7. The largest absolute Gasteiger partial charge is 0.480 e. The zero-order chi connectivity index (χ0) is 22.9. The number of hydrogen-bond donors (Lipinski definition) is 5. The number of unbranched alkanes of at least 4 members (excludes halogenated alkanes) is 1. The third-order valence-electron chi connectivity index (χ3n) is 5.63. The number of hydrogen-bond acceptors (Lipinski definition) is 6. The van der Waals surface area contributed by atoms with Gasteiger partial charge >= 0.3 is 19.1 Å². The van der Waals surface area contributed by atoms with Gasteiger partial charge in [0.2, 0.25) is 0 Å². The fourth-order valence-electron chi connectivity index (χ4n) is 3.66. The minimum atomic E-state index is -1.38. The van der Waals surface area contributed by atoms with Crippen molar-refractivity contribution in [3.05, 3.63) is 30.1 Å². The van der Waals surface area contributed by atoms with E-state index in [1.807, 2.05) is 0 Å². The number of piperazine rings is 1. The Morgan fingerprint density at radius 3 is 2.35 bits per heavy atom. The van der Waals surface area contributed by atoms with Gasteiger partial charge < -0.3 is 31.1 Å². The summed E-state index contributed by atoms with van der Waals surface area (Å²) >= 11 is 0. The second-order valence-corrected chi connectivity index (χ2v) is 8.03. The number of aliphatic carboxylic acids is 1. The van der Waals surface area contributed by atoms with Gasteiger partial charge in [-0.3, -0.25) is 9.69 Å². The van der Waals surface area contributed by atoms with Crippen molar-refractivity contribution in [2.75, 3.05) is 38.0 Å². The van der Waals surface area contributed by atoms with Crippen LogP contribution in [0.3, 0.4) is 0 Å². The lowest BCUT2D eigenvalue weighted by Crippen LogP contribution is -2.51. The van der Waals surface area contributed by atoms with Crippen molar-refractivity contribution in [3.8, 4) is 0 Å². The maximum absolute atomic E-state index is 13.7. The molecule has 1 fully saturated rings. The molecule has 0 bridgehead atoms. The van der Waals surface area contributed by atoms with Crippen LogP contribution in [0.5, 0.6) is 0 Å². The number of benzene rings is 1. The number of carboxylic acids is 1. The highest BCUT2D eigenvalue weighted by atomic mass is 19.1. The van der Waals surface area contributed by atoms with Gasteiger partial charge in [0.25, 0.3) is 0 Å². The SMILES string of the molecule is NC(CCCCB(O)O)(CCCN1CCN(C(=O)Nc2ccccc2F)CC1)C(=O)O. The van der Waals surface area contributed by atoms with Crippen LogP contribution in [-0.4, -0.2) is 82.3 Å². The van der Waals surface area contributed by atoms with Crippen molar-refractivity contribution >= 4 is 24.8 Å². The van der Waals surface area contributed by atoms with Crippen molar-refractivity contribution in [2.45, 2.75) is 44.0 Å². The van der Waals surface area contributed by atoms with Crippen molar-refractivity contribution in [2.24, 2.45) is 5.73 Å². The summed E-state index contributed by atoms with van der Waals surface area (Å²) < 4.78 is 13.7. The Bertz CT molecular complexity index is 733. The molecule has 1 unspecified atom stereocenters. The van der Waals surface area contributed by atoms with Crippen LogP contribution < -0.4 is 11.1 Å². The monoisotopic (exact) mass is 438 g/mol. The first kappa shape index (κ1) is 25.1. The third-order valence-corrected chi connectivity index (χ3v) is 5.63. The van der Waals surface area contributed by atoms with E-state index < -0.39 is 24.4 Å². The molecular formula is C20H32BFN4O5. The Labute approximate surface area is 182 Å². The molecule has 1 aromatic carbocycles. The first-order chi connectivity index (χ1) is 14.7. The van der Waals surface area contributed by atoms with Crippen molar-refractivity contribution in [3.63, 3.8) is 0 Å². The molecule has 1 atom stereocenters. The van der Waals surface area contributed by atoms with Crippen LogP contribution in [0.25, 0.3) is 0 Å². The highest BCUT2D eigenvalue weighted by Gasteiger charge is 2.33. The van der Waals surface area contributed by atoms with Crippen LogP contribution in [0.1, 0.15) is 32.1 Å². The van der Waals surface area contributed by atoms with Gasteiger partial charge in [0.1, 0.15) is 11.4 Å². The van der Waals surface area contributed by atoms with Crippen molar-refractivity contribution in [1.29, 1.82) is 0 Å². The standard InChI is InChI=1S/C20H32BFN4O5/c22-16-6-1-2-7-17(16)24-19(29)26-14-12-25(13-15-26)11-5-9-20(23,18(27)28)8-3-4-10-21(30)31/h1-2,6-7,30-31H,3-5,8-15,23H2,(H,24,29)(H,27,28). The van der Waals surface area contributed by atoms with Crippen LogP contribution >= 0.6 is 0 Å². The van der Waals surface area contributed by atoms with E-state index in [2.05, 4.69) is 10.2 Å². The summed E-state index contributed by atoms with van der Waals surface area (Å²) in [6, 6.07) is 5.67. The molecule has 1 aliphatic heterocycles. The van der Waals surface area contributed by atoms with Crippen LogP contribution in [0.4, 0.5) is 14.9 Å². The summed E-state index contributed by atoms with van der Waals surface area (Å²) in [5, 5.41) is 29.8. The first-order valence-electron chi connectivity index (χ1n) is 10.6. The Morgan fingerprint density at radius 1 is 1.10 bits per heavy atom. The summed E-state index contributed by atoms with van der Waals surface area (Å²) in [5.41, 5.74) is 4.90. The minimum absolute atomic E-state index is 0.149. The number of nitrogens with zero attached hydrogens (tertiary/aromatic N) is 2. The topological polar surface area (TPSA) is 139 Å². The second-order valence-electron chi connectivity index (χ2n) is 8.03. The highest BCUT2D eigenvalue weighted by molar-refractivity contribution is 6.40. The van der Waals surface area contributed by atoms with Crippen LogP contribution in [0.2, 0.25) is 6.32 Å². The normalized spacial score (nSPS) is 16.6. The lowest BCUT2D eigenvalue weighted by atomic mass is 9.81. The number of urea groups is 1. The van der Waals surface area contributed by atoms with Gasteiger partial charge in [0.05, 0.1) is 5.69 Å². The lowest BCUT2D eigenvalue weighted by molar-refractivity contribution is -0.144. The molecule has 0 radical (unpaired) electrons. The number of carbonyl (C=O) groups is 2. The molecule has 31 heavy (non-hydrogen) atoms. The van der Waals surface area contributed by atoms with Gasteiger partial charge in [-0.2, -0.15) is 0 Å². The van der Waals surface area contributed by atoms with E-state index in [0.717, 1.165) is 0 Å². The number of carbonyl (C=O) groups excluding carboxylic acids is 1. The van der Waals surface area contributed by atoms with Gasteiger partial charge in [-0.05, 0) is 44.3 Å². The molecule has 0 saturated carbocycles. The molecule has 9 nitrogen and oxygen atoms in total. The van der Waals surface area contributed by atoms with E-state index in [-0.39, 0.29) is 24.5 Å². The Hall–Kier alpha value is -2.21. The van der Waals surface area contributed by atoms with Gasteiger partial charge in [-0.15, -0.1) is 0 Å². The van der Waals surface area contributed by atoms with E-state index in [1.54, 1.807) is 17.0 Å². The molecule has 1 aliphatic rings. The highest BCUT2D eigenvalue weighted by Crippen LogP contribution is 2.20. The van der Waals surface area contributed by atoms with E-state index in [9.17, 15) is 19.1 Å². The fourth-order valence-corrected chi connectivity index (χ4v) is 3.66. The molecule has 1 aromatic rings. The van der Waals surface area contributed by atoms with Gasteiger partial charge in [-0.25, -0.2) is 9.18 Å². The average Bonchev–Trinajstić information content (AvgIpc) is 2.73. The van der Waals surface area contributed by atoms with E-state index in [0.29, 0.717) is 58.4 Å². The average molecular weight is 438 g/mol. The summed E-state index contributed by atoms with van der Waals surface area (Å²) in [6.07, 6.45) is 2.41. The van der Waals surface area contributed by atoms with Gasteiger partial charge in [-0.1, -0.05) is 25.0 Å². The summed E-state index contributed by atoms with van der Waals surface area (Å²) in [7, 11) is -1.38. The predicted octanol–water partition coefficient (Wildman–Crippen LogP) is 1.18. The molecule has 6 N–H and O–H groups in total. The van der Waals surface area contributed by atoms with Gasteiger partial charge in [0.15, 0.2) is 0 Å². The van der Waals surface area contributed by atoms with E-state index in [4.69, 9.17) is 15.8 Å². The number of nitrogens with one attached hydrogen (secondary N) is 1. The van der Waals surface area contributed by atoms with E-state index >= 15 is 0 Å². The molecule has 0 spiro atoms. The number of rotatable bonds is 11. The number of halogens is 1. The molecule has 0 aliphatic carbocycles. The maximum Gasteiger partial charge on any atom is 0.451 e.